The maximum absolute atomic E-state index is 12.4. The first-order valence-electron chi connectivity index (χ1n) is 7.31. The van der Waals surface area contributed by atoms with E-state index in [0.29, 0.717) is 18.6 Å². The fraction of sp³-hybridized carbons (Fsp3) is 0.316. The Morgan fingerprint density at radius 2 is 1.50 bits per heavy atom. The lowest BCUT2D eigenvalue weighted by atomic mass is 9.64. The van der Waals surface area contributed by atoms with E-state index >= 15 is 0 Å². The van der Waals surface area contributed by atoms with Crippen molar-refractivity contribution in [2.75, 3.05) is 0 Å². The van der Waals surface area contributed by atoms with Crippen molar-refractivity contribution in [2.24, 2.45) is 0 Å². The molecule has 1 nitrogen and oxygen atoms in total. The molecule has 2 unspecified atom stereocenters. The summed E-state index contributed by atoms with van der Waals surface area (Å²) in [5, 5.41) is 0. The van der Waals surface area contributed by atoms with Crippen molar-refractivity contribution in [2.45, 2.75) is 37.0 Å². The van der Waals surface area contributed by atoms with Crippen LogP contribution in [0.2, 0.25) is 0 Å². The van der Waals surface area contributed by atoms with Crippen molar-refractivity contribution in [3.63, 3.8) is 0 Å². The zero-order valence-corrected chi connectivity index (χ0v) is 11.7. The van der Waals surface area contributed by atoms with Gasteiger partial charge in [0.2, 0.25) is 0 Å². The number of hydrogen-bond donors (Lipinski definition) is 0. The summed E-state index contributed by atoms with van der Waals surface area (Å²) in [5.41, 5.74) is 3.97. The van der Waals surface area contributed by atoms with Crippen LogP contribution in [0.25, 0.3) is 0 Å². The highest BCUT2D eigenvalue weighted by Crippen LogP contribution is 2.59. The van der Waals surface area contributed by atoms with Crippen LogP contribution in [0.1, 0.15) is 42.9 Å². The number of hydrogen-bond acceptors (Lipinski definition) is 1. The summed E-state index contributed by atoms with van der Waals surface area (Å²) in [5.74, 6) is 0.402. The number of Topliss-reactive ketones (excluding diaryl/α,β-unsaturated/α-hetero) is 1. The monoisotopic (exact) mass is 262 g/mol. The molecular weight excluding hydrogens is 244 g/mol. The van der Waals surface area contributed by atoms with Crippen LogP contribution < -0.4 is 0 Å². The average Bonchev–Trinajstić information content (AvgIpc) is 2.65. The fourth-order valence-corrected chi connectivity index (χ4v) is 4.55. The van der Waals surface area contributed by atoms with Crippen LogP contribution in [0.15, 0.2) is 54.6 Å². The third-order valence-electron chi connectivity index (χ3n) is 5.20. The van der Waals surface area contributed by atoms with E-state index in [0.717, 1.165) is 6.42 Å². The second-order valence-electron chi connectivity index (χ2n) is 6.62. The van der Waals surface area contributed by atoms with E-state index in [9.17, 15) is 4.79 Å². The predicted molar refractivity (Wildman–Crippen MR) is 79.9 cm³/mol. The van der Waals surface area contributed by atoms with Crippen LogP contribution in [0.5, 0.6) is 0 Å². The molecule has 1 heteroatoms. The number of fused-ring (bicyclic) bond motifs is 5. The molecule has 4 rings (SSSR count). The summed E-state index contributed by atoms with van der Waals surface area (Å²) in [6, 6.07) is 19.2. The molecule has 0 aliphatic heterocycles. The molecule has 2 bridgehead atoms. The highest BCUT2D eigenvalue weighted by atomic mass is 16.1. The highest BCUT2D eigenvalue weighted by molar-refractivity contribution is 5.86. The Bertz CT molecular complexity index is 688. The van der Waals surface area contributed by atoms with E-state index in [2.05, 4.69) is 55.5 Å². The minimum absolute atomic E-state index is 0.0156. The normalized spacial score (nSPS) is 31.1. The van der Waals surface area contributed by atoms with Crippen molar-refractivity contribution in [1.29, 1.82) is 0 Å². The van der Waals surface area contributed by atoms with E-state index < -0.39 is 0 Å². The summed E-state index contributed by atoms with van der Waals surface area (Å²) < 4.78 is 0. The minimum atomic E-state index is -0.0953. The third kappa shape index (κ3) is 1.41. The van der Waals surface area contributed by atoms with Crippen LogP contribution in [0, 0.1) is 0 Å². The highest BCUT2D eigenvalue weighted by Gasteiger charge is 2.55. The topological polar surface area (TPSA) is 17.1 Å². The molecule has 2 aromatic rings. The second kappa shape index (κ2) is 3.82. The molecule has 0 heterocycles. The summed E-state index contributed by atoms with van der Waals surface area (Å²) in [4.78, 5) is 12.4. The van der Waals surface area contributed by atoms with Gasteiger partial charge in [-0.3, -0.25) is 4.79 Å². The lowest BCUT2D eigenvalue weighted by Gasteiger charge is -2.38. The van der Waals surface area contributed by atoms with Crippen LogP contribution in [0.4, 0.5) is 0 Å². The maximum Gasteiger partial charge on any atom is 0.135 e. The zero-order chi connectivity index (χ0) is 13.8. The Morgan fingerprint density at radius 3 is 2.25 bits per heavy atom. The average molecular weight is 262 g/mol. The van der Waals surface area contributed by atoms with Crippen molar-refractivity contribution in [3.05, 3.63) is 71.3 Å². The van der Waals surface area contributed by atoms with Gasteiger partial charge in [-0.15, -0.1) is 0 Å². The SMILES string of the molecule is CC12CC(=O)CC(c3ccccc3)(C1)c1ccccc12. The molecule has 0 radical (unpaired) electrons. The number of carbonyl (C=O) groups is 1. The van der Waals surface area contributed by atoms with E-state index in [1.807, 2.05) is 6.07 Å². The number of ketones is 1. The molecule has 2 aromatic carbocycles. The van der Waals surface area contributed by atoms with Crippen molar-refractivity contribution < 1.29 is 4.79 Å². The summed E-state index contributed by atoms with van der Waals surface area (Å²) in [6.45, 7) is 2.26. The quantitative estimate of drug-likeness (QED) is 0.759. The summed E-state index contributed by atoms with van der Waals surface area (Å²) in [6.07, 6.45) is 2.41. The van der Waals surface area contributed by atoms with Gasteiger partial charge in [0, 0.05) is 23.7 Å². The van der Waals surface area contributed by atoms with Crippen molar-refractivity contribution in [3.8, 4) is 0 Å². The first-order chi connectivity index (χ1) is 9.64. The first kappa shape index (κ1) is 11.9. The Kier molecular flexibility index (Phi) is 2.27. The van der Waals surface area contributed by atoms with Crippen LogP contribution in [-0.4, -0.2) is 5.78 Å². The Labute approximate surface area is 119 Å². The molecular formula is C19H18O. The minimum Gasteiger partial charge on any atom is -0.300 e. The molecule has 0 amide bonds. The van der Waals surface area contributed by atoms with Gasteiger partial charge in [0.1, 0.15) is 5.78 Å². The Balaban J connectivity index is 2.02. The lowest BCUT2D eigenvalue weighted by Crippen LogP contribution is -2.37. The van der Waals surface area contributed by atoms with E-state index in [-0.39, 0.29) is 10.8 Å². The second-order valence-corrected chi connectivity index (χ2v) is 6.62. The van der Waals surface area contributed by atoms with Gasteiger partial charge in [-0.2, -0.15) is 0 Å². The molecule has 20 heavy (non-hydrogen) atoms. The van der Waals surface area contributed by atoms with Gasteiger partial charge in [-0.1, -0.05) is 61.5 Å². The number of benzene rings is 2. The molecule has 0 N–H and O–H groups in total. The standard InChI is InChI=1S/C19H18O/c1-18-11-15(20)12-19(13-18,14-7-3-2-4-8-14)17-10-6-5-9-16(17)18/h2-10H,11-13H2,1H3. The van der Waals surface area contributed by atoms with E-state index in [1.54, 1.807) is 0 Å². The van der Waals surface area contributed by atoms with Gasteiger partial charge in [-0.25, -0.2) is 0 Å². The number of carbonyl (C=O) groups excluding carboxylic acids is 1. The predicted octanol–water partition coefficient (Wildman–Crippen LogP) is 4.00. The van der Waals surface area contributed by atoms with Crippen molar-refractivity contribution >= 4 is 5.78 Å². The van der Waals surface area contributed by atoms with E-state index in [4.69, 9.17) is 0 Å². The van der Waals surface area contributed by atoms with Gasteiger partial charge in [0.25, 0.3) is 0 Å². The first-order valence-corrected chi connectivity index (χ1v) is 7.31. The molecule has 100 valence electrons. The van der Waals surface area contributed by atoms with Gasteiger partial charge < -0.3 is 0 Å². The molecule has 1 saturated carbocycles. The van der Waals surface area contributed by atoms with Crippen LogP contribution in [-0.2, 0) is 15.6 Å². The molecule has 1 fully saturated rings. The van der Waals surface area contributed by atoms with Crippen LogP contribution in [0.3, 0.4) is 0 Å². The number of rotatable bonds is 1. The Hall–Kier alpha value is -1.89. The summed E-state index contributed by atoms with van der Waals surface area (Å²) >= 11 is 0. The maximum atomic E-state index is 12.4. The van der Waals surface area contributed by atoms with Gasteiger partial charge in [0.15, 0.2) is 0 Å². The molecule has 0 saturated heterocycles. The summed E-state index contributed by atoms with van der Waals surface area (Å²) in [7, 11) is 0. The third-order valence-corrected chi connectivity index (χ3v) is 5.20. The Morgan fingerprint density at radius 1 is 0.850 bits per heavy atom. The van der Waals surface area contributed by atoms with E-state index in [1.165, 1.54) is 16.7 Å². The lowest BCUT2D eigenvalue weighted by molar-refractivity contribution is -0.122. The molecule has 0 aromatic heterocycles. The van der Waals surface area contributed by atoms with Gasteiger partial charge in [0.05, 0.1) is 0 Å². The molecule has 0 spiro atoms. The molecule has 2 atom stereocenters. The smallest absolute Gasteiger partial charge is 0.135 e. The zero-order valence-electron chi connectivity index (χ0n) is 11.7. The largest absolute Gasteiger partial charge is 0.300 e. The van der Waals surface area contributed by atoms with Gasteiger partial charge >= 0.3 is 0 Å². The molecule has 2 aliphatic rings. The van der Waals surface area contributed by atoms with Gasteiger partial charge in [-0.05, 0) is 23.1 Å². The molecule has 2 aliphatic carbocycles. The van der Waals surface area contributed by atoms with Crippen LogP contribution >= 0.6 is 0 Å². The fourth-order valence-electron chi connectivity index (χ4n) is 4.55. The van der Waals surface area contributed by atoms with Crippen molar-refractivity contribution in [1.82, 2.24) is 0 Å².